The van der Waals surface area contributed by atoms with E-state index in [-0.39, 0.29) is 13.0 Å². The highest BCUT2D eigenvalue weighted by Gasteiger charge is 2.17. The third-order valence-electron chi connectivity index (χ3n) is 3.00. The van der Waals surface area contributed by atoms with Gasteiger partial charge in [0.15, 0.2) is 6.10 Å². The maximum atomic E-state index is 11.1. The molecule has 6 heteroatoms. The highest BCUT2D eigenvalue weighted by Crippen LogP contribution is 2.14. The highest BCUT2D eigenvalue weighted by atomic mass is 79.9. The summed E-state index contributed by atoms with van der Waals surface area (Å²) in [4.78, 5) is 21.5. The lowest BCUT2D eigenvalue weighted by atomic mass is 10.1. The Kier molecular flexibility index (Phi) is 8.00. The van der Waals surface area contributed by atoms with Gasteiger partial charge in [-0.3, -0.25) is 4.79 Å². The van der Waals surface area contributed by atoms with E-state index in [4.69, 9.17) is 14.9 Å². The van der Waals surface area contributed by atoms with E-state index in [0.29, 0.717) is 25.7 Å². The summed E-state index contributed by atoms with van der Waals surface area (Å²) in [6.07, 6.45) is 1.57. The molecule has 0 spiro atoms. The number of unbranched alkanes of at least 4 members (excludes halogenated alkanes) is 2. The largest absolute Gasteiger partial charge is 0.481 e. The van der Waals surface area contributed by atoms with Gasteiger partial charge >= 0.3 is 11.9 Å². The molecule has 0 aliphatic heterocycles. The SMILES string of the molecule is O=C(O)CCCCCC(OCc1ccc(Br)cc1)C(=O)O. The summed E-state index contributed by atoms with van der Waals surface area (Å²) < 4.78 is 6.38. The topological polar surface area (TPSA) is 83.8 Å². The first kappa shape index (κ1) is 17.7. The molecule has 0 amide bonds. The maximum absolute atomic E-state index is 11.1. The monoisotopic (exact) mass is 358 g/mol. The van der Waals surface area contributed by atoms with Gasteiger partial charge in [-0.05, 0) is 30.5 Å². The molecule has 5 nitrogen and oxygen atoms in total. The fourth-order valence-corrected chi connectivity index (χ4v) is 2.10. The van der Waals surface area contributed by atoms with Gasteiger partial charge < -0.3 is 14.9 Å². The van der Waals surface area contributed by atoms with Crippen molar-refractivity contribution >= 4 is 27.9 Å². The Morgan fingerprint density at radius 1 is 1.10 bits per heavy atom. The molecule has 0 saturated carbocycles. The minimum Gasteiger partial charge on any atom is -0.481 e. The number of benzene rings is 1. The van der Waals surface area contributed by atoms with Gasteiger partial charge in [-0.15, -0.1) is 0 Å². The molecular weight excluding hydrogens is 340 g/mol. The van der Waals surface area contributed by atoms with Crippen LogP contribution in [-0.4, -0.2) is 28.3 Å². The molecule has 21 heavy (non-hydrogen) atoms. The summed E-state index contributed by atoms with van der Waals surface area (Å²) in [7, 11) is 0. The Labute approximate surface area is 132 Å². The smallest absolute Gasteiger partial charge is 0.332 e. The average molecular weight is 359 g/mol. The van der Waals surface area contributed by atoms with Crippen molar-refractivity contribution in [2.24, 2.45) is 0 Å². The molecule has 0 aromatic heterocycles. The van der Waals surface area contributed by atoms with Crippen molar-refractivity contribution in [1.82, 2.24) is 0 Å². The Morgan fingerprint density at radius 2 is 1.76 bits per heavy atom. The van der Waals surface area contributed by atoms with Gasteiger partial charge in [0.1, 0.15) is 0 Å². The first-order chi connectivity index (χ1) is 9.99. The maximum Gasteiger partial charge on any atom is 0.332 e. The lowest BCUT2D eigenvalue weighted by Gasteiger charge is -2.13. The van der Waals surface area contributed by atoms with Crippen LogP contribution in [0.1, 0.15) is 37.7 Å². The molecule has 2 N–H and O–H groups in total. The molecule has 0 saturated heterocycles. The van der Waals surface area contributed by atoms with Gasteiger partial charge in [0.05, 0.1) is 6.61 Å². The second kappa shape index (κ2) is 9.52. The Hall–Kier alpha value is -1.40. The van der Waals surface area contributed by atoms with Crippen LogP contribution in [0.5, 0.6) is 0 Å². The van der Waals surface area contributed by atoms with Crippen molar-refractivity contribution in [2.75, 3.05) is 0 Å². The molecule has 1 atom stereocenters. The zero-order valence-corrected chi connectivity index (χ0v) is 13.2. The molecule has 1 unspecified atom stereocenters. The second-order valence-corrected chi connectivity index (χ2v) is 5.67. The zero-order valence-electron chi connectivity index (χ0n) is 11.6. The predicted molar refractivity (Wildman–Crippen MR) is 81.1 cm³/mol. The Morgan fingerprint density at radius 3 is 2.33 bits per heavy atom. The number of rotatable bonds is 10. The standard InChI is InChI=1S/C15H19BrO5/c16-12-8-6-11(7-9-12)10-21-13(15(19)20)4-2-1-3-5-14(17)18/h6-9,13H,1-5,10H2,(H,17,18)(H,19,20). The van der Waals surface area contributed by atoms with E-state index in [0.717, 1.165) is 10.0 Å². The predicted octanol–water partition coefficient (Wildman–Crippen LogP) is 3.45. The number of carbonyl (C=O) groups is 2. The van der Waals surface area contributed by atoms with E-state index in [2.05, 4.69) is 15.9 Å². The van der Waals surface area contributed by atoms with Crippen LogP contribution >= 0.6 is 15.9 Å². The van der Waals surface area contributed by atoms with E-state index >= 15 is 0 Å². The number of halogens is 1. The van der Waals surface area contributed by atoms with E-state index < -0.39 is 18.0 Å². The van der Waals surface area contributed by atoms with Crippen LogP contribution < -0.4 is 0 Å². The van der Waals surface area contributed by atoms with Crippen molar-refractivity contribution in [3.8, 4) is 0 Å². The number of aliphatic carboxylic acids is 2. The van der Waals surface area contributed by atoms with Gasteiger partial charge in [0.2, 0.25) is 0 Å². The van der Waals surface area contributed by atoms with Crippen LogP contribution in [0.3, 0.4) is 0 Å². The molecule has 0 aliphatic carbocycles. The number of hydrogen-bond donors (Lipinski definition) is 2. The summed E-state index contributed by atoms with van der Waals surface area (Å²) in [5.41, 5.74) is 0.912. The molecule has 1 aromatic carbocycles. The van der Waals surface area contributed by atoms with Crippen molar-refractivity contribution < 1.29 is 24.5 Å². The van der Waals surface area contributed by atoms with E-state index in [1.807, 2.05) is 24.3 Å². The fraction of sp³-hybridized carbons (Fsp3) is 0.467. The van der Waals surface area contributed by atoms with Gasteiger partial charge in [-0.1, -0.05) is 40.9 Å². The Bertz CT molecular complexity index is 458. The second-order valence-electron chi connectivity index (χ2n) is 4.76. The number of carboxylic acids is 2. The van der Waals surface area contributed by atoms with E-state index in [1.54, 1.807) is 0 Å². The molecular formula is C15H19BrO5. The van der Waals surface area contributed by atoms with Crippen LogP contribution in [0.15, 0.2) is 28.7 Å². The summed E-state index contributed by atoms with van der Waals surface area (Å²) in [6.45, 7) is 0.249. The molecule has 0 heterocycles. The van der Waals surface area contributed by atoms with Crippen molar-refractivity contribution in [1.29, 1.82) is 0 Å². The quantitative estimate of drug-likeness (QED) is 0.625. The first-order valence-electron chi connectivity index (χ1n) is 6.79. The number of hydrogen-bond acceptors (Lipinski definition) is 3. The number of carboxylic acid groups (broad SMARTS) is 2. The average Bonchev–Trinajstić information content (AvgIpc) is 2.43. The summed E-state index contributed by atoms with van der Waals surface area (Å²) in [5, 5.41) is 17.6. The zero-order chi connectivity index (χ0) is 15.7. The van der Waals surface area contributed by atoms with Crippen LogP contribution in [0.2, 0.25) is 0 Å². The molecule has 0 bridgehead atoms. The van der Waals surface area contributed by atoms with Crippen LogP contribution in [-0.2, 0) is 20.9 Å². The lowest BCUT2D eigenvalue weighted by Crippen LogP contribution is -2.23. The minimum atomic E-state index is -0.981. The van der Waals surface area contributed by atoms with Gasteiger partial charge in [-0.25, -0.2) is 4.79 Å². The third-order valence-corrected chi connectivity index (χ3v) is 3.53. The van der Waals surface area contributed by atoms with Crippen LogP contribution in [0, 0.1) is 0 Å². The summed E-state index contributed by atoms with van der Waals surface area (Å²) >= 11 is 3.33. The summed E-state index contributed by atoms with van der Waals surface area (Å²) in [5.74, 6) is -1.80. The number of ether oxygens (including phenoxy) is 1. The normalized spacial score (nSPS) is 12.0. The molecule has 116 valence electrons. The van der Waals surface area contributed by atoms with Crippen LogP contribution in [0.25, 0.3) is 0 Å². The van der Waals surface area contributed by atoms with Crippen molar-refractivity contribution in [2.45, 2.75) is 44.8 Å². The van der Waals surface area contributed by atoms with E-state index in [9.17, 15) is 9.59 Å². The summed E-state index contributed by atoms with van der Waals surface area (Å²) in [6, 6.07) is 7.49. The molecule has 0 aliphatic rings. The molecule has 0 radical (unpaired) electrons. The van der Waals surface area contributed by atoms with Crippen molar-refractivity contribution in [3.63, 3.8) is 0 Å². The molecule has 1 rings (SSSR count). The van der Waals surface area contributed by atoms with Gasteiger partial charge in [0, 0.05) is 10.9 Å². The fourth-order valence-electron chi connectivity index (χ4n) is 1.84. The van der Waals surface area contributed by atoms with Gasteiger partial charge in [0.25, 0.3) is 0 Å². The molecule has 0 fully saturated rings. The minimum absolute atomic E-state index is 0.123. The first-order valence-corrected chi connectivity index (χ1v) is 7.59. The molecule has 1 aromatic rings. The van der Waals surface area contributed by atoms with Crippen molar-refractivity contribution in [3.05, 3.63) is 34.3 Å². The highest BCUT2D eigenvalue weighted by molar-refractivity contribution is 9.10. The van der Waals surface area contributed by atoms with Gasteiger partial charge in [-0.2, -0.15) is 0 Å². The third kappa shape index (κ3) is 7.82. The Balaban J connectivity index is 2.31. The van der Waals surface area contributed by atoms with Crippen LogP contribution in [0.4, 0.5) is 0 Å². The van der Waals surface area contributed by atoms with E-state index in [1.165, 1.54) is 0 Å². The lowest BCUT2D eigenvalue weighted by molar-refractivity contribution is -0.151.